The number of rotatable bonds is 5. The van der Waals surface area contributed by atoms with Gasteiger partial charge in [-0.05, 0) is 93.8 Å². The van der Waals surface area contributed by atoms with Crippen LogP contribution in [-0.4, -0.2) is 22.2 Å². The van der Waals surface area contributed by atoms with E-state index in [2.05, 4.69) is 42.5 Å². The molecule has 2 rings (SSSR count). The van der Waals surface area contributed by atoms with Crippen LogP contribution in [0.15, 0.2) is 45.3 Å². The maximum Gasteiger partial charge on any atom is 0.257 e. The summed E-state index contributed by atoms with van der Waals surface area (Å²) in [5.74, 6) is 0.482. The molecule has 1 amide bonds. The van der Waals surface area contributed by atoms with Crippen molar-refractivity contribution in [1.29, 1.82) is 0 Å². The van der Waals surface area contributed by atoms with Crippen molar-refractivity contribution in [3.05, 3.63) is 50.9 Å². The minimum Gasteiger partial charge on any atom is -0.506 e. The Bertz CT molecular complexity index is 790. The smallest absolute Gasteiger partial charge is 0.257 e. The molecule has 0 unspecified atom stereocenters. The number of aromatic hydroxyl groups is 1. The molecule has 0 saturated carbocycles. The van der Waals surface area contributed by atoms with Gasteiger partial charge in [0, 0.05) is 11.3 Å². The second-order valence-electron chi connectivity index (χ2n) is 5.56. The Morgan fingerprint density at radius 3 is 2.35 bits per heavy atom. The summed E-state index contributed by atoms with van der Waals surface area (Å²) in [4.78, 5) is 12.3. The number of halogens is 2. The fourth-order valence-electron chi connectivity index (χ4n) is 1.98. The highest BCUT2D eigenvalue weighted by Gasteiger charge is 2.11. The van der Waals surface area contributed by atoms with E-state index < -0.39 is 0 Å². The Hall–Kier alpha value is -1.64. The summed E-state index contributed by atoms with van der Waals surface area (Å²) in [5, 5.41) is 15.4. The van der Waals surface area contributed by atoms with Gasteiger partial charge in [0.2, 0.25) is 0 Å². The summed E-state index contributed by atoms with van der Waals surface area (Å²) in [7, 11) is 0. The second-order valence-corrected chi connectivity index (χ2v) is 7.67. The summed E-state index contributed by atoms with van der Waals surface area (Å²) >= 11 is 11.7. The largest absolute Gasteiger partial charge is 0.506 e. The van der Waals surface area contributed by atoms with Crippen LogP contribution in [0.1, 0.15) is 30.6 Å². The predicted molar refractivity (Wildman–Crippen MR) is 114 cm³/mol. The van der Waals surface area contributed by atoms with Gasteiger partial charge in [-0.25, -0.2) is 0 Å². The van der Waals surface area contributed by atoms with E-state index >= 15 is 0 Å². The fraction of sp³-hybridized carbons (Fsp3) is 0.222. The number of amides is 1. The van der Waals surface area contributed by atoms with Crippen molar-refractivity contribution in [2.24, 2.45) is 0 Å². The van der Waals surface area contributed by atoms with Gasteiger partial charge in [-0.15, -0.1) is 0 Å². The van der Waals surface area contributed by atoms with E-state index in [0.717, 1.165) is 12.2 Å². The van der Waals surface area contributed by atoms with E-state index in [1.54, 1.807) is 36.4 Å². The van der Waals surface area contributed by atoms with E-state index in [0.29, 0.717) is 20.2 Å². The average Bonchev–Trinajstić information content (AvgIpc) is 2.59. The number of hydrogen-bond donors (Lipinski definition) is 3. The Labute approximate surface area is 174 Å². The minimum atomic E-state index is -0.325. The molecule has 0 radical (unpaired) electrons. The molecule has 2 aromatic rings. The lowest BCUT2D eigenvalue weighted by Gasteiger charge is -2.13. The molecule has 0 aliphatic rings. The summed E-state index contributed by atoms with van der Waals surface area (Å²) < 4.78 is 6.69. The van der Waals surface area contributed by atoms with Gasteiger partial charge in [-0.2, -0.15) is 0 Å². The quantitative estimate of drug-likeness (QED) is 0.387. The molecule has 26 heavy (non-hydrogen) atoms. The first-order chi connectivity index (χ1) is 12.3. The summed E-state index contributed by atoms with van der Waals surface area (Å²) in [6.07, 6.45) is 1.03. The number of nitrogens with one attached hydrogen (secondary N) is 2. The van der Waals surface area contributed by atoms with Gasteiger partial charge in [-0.1, -0.05) is 6.92 Å². The highest BCUT2D eigenvalue weighted by atomic mass is 79.9. The van der Waals surface area contributed by atoms with Crippen molar-refractivity contribution in [2.75, 3.05) is 5.32 Å². The zero-order valence-corrected chi connectivity index (χ0v) is 18.2. The molecular formula is C18H18Br2N2O3S. The average molecular weight is 502 g/mol. The van der Waals surface area contributed by atoms with Crippen LogP contribution in [0.5, 0.6) is 11.5 Å². The number of carbonyl (C=O) groups excluding carboxylic acids is 1. The van der Waals surface area contributed by atoms with E-state index in [1.807, 2.05) is 13.8 Å². The molecule has 8 heteroatoms. The van der Waals surface area contributed by atoms with Crippen LogP contribution in [0.4, 0.5) is 5.69 Å². The molecule has 0 saturated heterocycles. The highest BCUT2D eigenvalue weighted by molar-refractivity contribution is 9.11. The fourth-order valence-corrected chi connectivity index (χ4v) is 3.37. The topological polar surface area (TPSA) is 70.6 Å². The second kappa shape index (κ2) is 9.34. The molecule has 138 valence electrons. The van der Waals surface area contributed by atoms with Crippen molar-refractivity contribution in [1.82, 2.24) is 5.32 Å². The molecule has 0 bridgehead atoms. The van der Waals surface area contributed by atoms with Gasteiger partial charge in [0.1, 0.15) is 11.5 Å². The minimum absolute atomic E-state index is 0.0882. The SMILES string of the molecule is CC[C@H](C)Oc1ccc(C(=O)NC(=S)Nc2cc(Br)c(O)c(Br)c2)cc1. The van der Waals surface area contributed by atoms with E-state index in [1.165, 1.54) is 0 Å². The first-order valence-electron chi connectivity index (χ1n) is 7.87. The van der Waals surface area contributed by atoms with E-state index in [9.17, 15) is 9.90 Å². The Balaban J connectivity index is 1.97. The van der Waals surface area contributed by atoms with Crippen molar-refractivity contribution in [3.63, 3.8) is 0 Å². The molecule has 0 heterocycles. The summed E-state index contributed by atoms with van der Waals surface area (Å²) in [6, 6.07) is 10.2. The molecule has 5 nitrogen and oxygen atoms in total. The summed E-state index contributed by atoms with van der Waals surface area (Å²) in [6.45, 7) is 4.04. The molecule has 0 fully saturated rings. The normalized spacial score (nSPS) is 11.5. The lowest BCUT2D eigenvalue weighted by Crippen LogP contribution is -2.34. The zero-order valence-electron chi connectivity index (χ0n) is 14.2. The van der Waals surface area contributed by atoms with E-state index in [-0.39, 0.29) is 22.9 Å². The first kappa shape index (κ1) is 20.7. The number of phenols is 1. The van der Waals surface area contributed by atoms with Crippen LogP contribution in [-0.2, 0) is 0 Å². The zero-order chi connectivity index (χ0) is 19.3. The predicted octanol–water partition coefficient (Wildman–Crippen LogP) is 5.22. The monoisotopic (exact) mass is 500 g/mol. The number of hydrogen-bond acceptors (Lipinski definition) is 4. The molecule has 0 aromatic heterocycles. The molecule has 0 aliphatic heterocycles. The maximum atomic E-state index is 12.3. The third-order valence-electron chi connectivity index (χ3n) is 3.53. The number of benzene rings is 2. The van der Waals surface area contributed by atoms with Gasteiger partial charge in [0.05, 0.1) is 15.0 Å². The number of ether oxygens (including phenoxy) is 1. The standard InChI is InChI=1S/C18H18Br2N2O3S/c1-3-10(2)25-13-6-4-11(5-7-13)17(24)22-18(26)21-12-8-14(19)16(23)15(20)9-12/h4-10,23H,3H2,1-2H3,(H2,21,22,24,26)/t10-/m0/s1. The van der Waals surface area contributed by atoms with Gasteiger partial charge in [0.25, 0.3) is 5.91 Å². The number of anilines is 1. The third-order valence-corrected chi connectivity index (χ3v) is 4.94. The van der Waals surface area contributed by atoms with Gasteiger partial charge < -0.3 is 15.2 Å². The van der Waals surface area contributed by atoms with Crippen LogP contribution >= 0.6 is 44.1 Å². The molecule has 3 N–H and O–H groups in total. The lowest BCUT2D eigenvalue weighted by atomic mass is 10.2. The molecule has 0 spiro atoms. The molecule has 1 atom stereocenters. The lowest BCUT2D eigenvalue weighted by molar-refractivity contribution is 0.0977. The van der Waals surface area contributed by atoms with Crippen LogP contribution < -0.4 is 15.4 Å². The number of thiocarbonyl (C=S) groups is 1. The highest BCUT2D eigenvalue weighted by Crippen LogP contribution is 2.35. The Kier molecular flexibility index (Phi) is 7.43. The van der Waals surface area contributed by atoms with Crippen LogP contribution in [0.2, 0.25) is 0 Å². The van der Waals surface area contributed by atoms with Gasteiger partial charge in [-0.3, -0.25) is 10.1 Å². The number of phenolic OH excluding ortho intramolecular Hbond substituents is 1. The molecular weight excluding hydrogens is 484 g/mol. The van der Waals surface area contributed by atoms with Crippen LogP contribution in [0.25, 0.3) is 0 Å². The van der Waals surface area contributed by atoms with Crippen LogP contribution in [0, 0.1) is 0 Å². The van der Waals surface area contributed by atoms with Gasteiger partial charge in [0.15, 0.2) is 5.11 Å². The molecule has 2 aromatic carbocycles. The Morgan fingerprint density at radius 2 is 1.81 bits per heavy atom. The van der Waals surface area contributed by atoms with Crippen molar-refractivity contribution in [2.45, 2.75) is 26.4 Å². The third kappa shape index (κ3) is 5.69. The maximum absolute atomic E-state index is 12.3. The Morgan fingerprint density at radius 1 is 1.23 bits per heavy atom. The van der Waals surface area contributed by atoms with Crippen molar-refractivity contribution < 1.29 is 14.6 Å². The van der Waals surface area contributed by atoms with Gasteiger partial charge >= 0.3 is 0 Å². The van der Waals surface area contributed by atoms with E-state index in [4.69, 9.17) is 17.0 Å². The molecule has 0 aliphatic carbocycles. The summed E-state index contributed by atoms with van der Waals surface area (Å²) in [5.41, 5.74) is 1.09. The van der Waals surface area contributed by atoms with Crippen molar-refractivity contribution >= 4 is 60.8 Å². The van der Waals surface area contributed by atoms with Crippen LogP contribution in [0.3, 0.4) is 0 Å². The van der Waals surface area contributed by atoms with Crippen molar-refractivity contribution in [3.8, 4) is 11.5 Å². The number of carbonyl (C=O) groups is 1. The first-order valence-corrected chi connectivity index (χ1v) is 9.86.